The molecular formula is C18H16N2O3. The molecule has 23 heavy (non-hydrogen) atoms. The lowest BCUT2D eigenvalue weighted by Gasteiger charge is -2.39. The van der Waals surface area contributed by atoms with Crippen LogP contribution in [0.4, 0.5) is 0 Å². The summed E-state index contributed by atoms with van der Waals surface area (Å²) in [5.74, 6) is -0.367. The molecule has 5 nitrogen and oxygen atoms in total. The van der Waals surface area contributed by atoms with Crippen LogP contribution in [0.3, 0.4) is 0 Å². The van der Waals surface area contributed by atoms with Crippen molar-refractivity contribution >= 4 is 11.9 Å². The van der Waals surface area contributed by atoms with Crippen LogP contribution in [0.15, 0.2) is 48.8 Å². The SMILES string of the molecule is O=C1OC2(CCCN(C(=O)c3cccnc3)C2)c2ccccc21. The average molecular weight is 308 g/mol. The van der Waals surface area contributed by atoms with Gasteiger partial charge in [0.1, 0.15) is 0 Å². The van der Waals surface area contributed by atoms with Gasteiger partial charge in [-0.25, -0.2) is 4.79 Å². The Labute approximate surface area is 133 Å². The predicted octanol–water partition coefficient (Wildman–Crippen LogP) is 2.38. The summed E-state index contributed by atoms with van der Waals surface area (Å²) < 4.78 is 5.73. The summed E-state index contributed by atoms with van der Waals surface area (Å²) >= 11 is 0. The molecule has 2 aliphatic rings. The molecule has 1 unspecified atom stereocenters. The van der Waals surface area contributed by atoms with Gasteiger partial charge < -0.3 is 9.64 Å². The number of likely N-dealkylation sites (tertiary alicyclic amines) is 1. The standard InChI is InChI=1S/C18H16N2O3/c21-16(13-5-3-9-19-11-13)20-10-4-8-18(12-20)15-7-2-1-6-14(15)17(22)23-18/h1-3,5-7,9,11H,4,8,10,12H2. The molecule has 0 radical (unpaired) electrons. The van der Waals surface area contributed by atoms with E-state index in [2.05, 4.69) is 4.98 Å². The van der Waals surface area contributed by atoms with E-state index >= 15 is 0 Å². The molecule has 116 valence electrons. The van der Waals surface area contributed by atoms with E-state index in [1.54, 1.807) is 35.5 Å². The Morgan fingerprint density at radius 2 is 2.09 bits per heavy atom. The van der Waals surface area contributed by atoms with Gasteiger partial charge in [-0.3, -0.25) is 9.78 Å². The van der Waals surface area contributed by atoms with Crippen molar-refractivity contribution in [3.8, 4) is 0 Å². The lowest BCUT2D eigenvalue weighted by molar-refractivity contribution is -0.0442. The predicted molar refractivity (Wildman–Crippen MR) is 82.9 cm³/mol. The van der Waals surface area contributed by atoms with Crippen LogP contribution in [0.5, 0.6) is 0 Å². The summed E-state index contributed by atoms with van der Waals surface area (Å²) in [6.07, 6.45) is 4.75. The van der Waals surface area contributed by atoms with Crippen molar-refractivity contribution in [2.24, 2.45) is 0 Å². The van der Waals surface area contributed by atoms with Gasteiger partial charge in [-0.1, -0.05) is 18.2 Å². The number of carbonyl (C=O) groups is 2. The number of hydrogen-bond acceptors (Lipinski definition) is 4. The first kappa shape index (κ1) is 13.9. The Morgan fingerprint density at radius 1 is 1.22 bits per heavy atom. The van der Waals surface area contributed by atoms with Crippen LogP contribution in [0.2, 0.25) is 0 Å². The van der Waals surface area contributed by atoms with Gasteiger partial charge >= 0.3 is 5.97 Å². The number of rotatable bonds is 1. The van der Waals surface area contributed by atoms with E-state index in [9.17, 15) is 9.59 Å². The quantitative estimate of drug-likeness (QED) is 0.759. The summed E-state index contributed by atoms with van der Waals surface area (Å²) in [5, 5.41) is 0. The number of esters is 1. The monoisotopic (exact) mass is 308 g/mol. The van der Waals surface area contributed by atoms with E-state index in [0.717, 1.165) is 18.4 Å². The van der Waals surface area contributed by atoms with Gasteiger partial charge in [-0.2, -0.15) is 0 Å². The number of carbonyl (C=O) groups excluding carboxylic acids is 2. The third-order valence-corrected chi connectivity index (χ3v) is 4.58. The van der Waals surface area contributed by atoms with Crippen LogP contribution in [-0.2, 0) is 10.3 Å². The molecule has 2 aromatic rings. The Hall–Kier alpha value is -2.69. The third kappa shape index (κ3) is 2.20. The second-order valence-corrected chi connectivity index (χ2v) is 6.00. The van der Waals surface area contributed by atoms with Crippen molar-refractivity contribution in [3.63, 3.8) is 0 Å². The molecule has 1 fully saturated rings. The molecular weight excluding hydrogens is 292 g/mol. The fourth-order valence-corrected chi connectivity index (χ4v) is 3.52. The van der Waals surface area contributed by atoms with Crippen molar-refractivity contribution < 1.29 is 14.3 Å². The van der Waals surface area contributed by atoms with Gasteiger partial charge in [0.2, 0.25) is 0 Å². The summed E-state index contributed by atoms with van der Waals surface area (Å²) in [6.45, 7) is 1.05. The smallest absolute Gasteiger partial charge is 0.339 e. The summed E-state index contributed by atoms with van der Waals surface area (Å²) in [6, 6.07) is 11.0. The first-order valence-corrected chi connectivity index (χ1v) is 7.72. The molecule has 5 heteroatoms. The van der Waals surface area contributed by atoms with Gasteiger partial charge in [-0.05, 0) is 31.0 Å². The molecule has 1 spiro atoms. The number of nitrogens with zero attached hydrogens (tertiary/aromatic N) is 2. The lowest BCUT2D eigenvalue weighted by atomic mass is 9.85. The molecule has 1 amide bonds. The number of benzene rings is 1. The number of piperidine rings is 1. The molecule has 0 N–H and O–H groups in total. The molecule has 1 atom stereocenters. The highest BCUT2D eigenvalue weighted by molar-refractivity contribution is 5.96. The van der Waals surface area contributed by atoms with Gasteiger partial charge in [0, 0.05) is 24.5 Å². The van der Waals surface area contributed by atoms with Crippen LogP contribution >= 0.6 is 0 Å². The molecule has 3 heterocycles. The minimum absolute atomic E-state index is 0.0717. The van der Waals surface area contributed by atoms with Gasteiger partial charge in [-0.15, -0.1) is 0 Å². The number of fused-ring (bicyclic) bond motifs is 2. The number of hydrogen-bond donors (Lipinski definition) is 0. The van der Waals surface area contributed by atoms with E-state index in [-0.39, 0.29) is 11.9 Å². The Balaban J connectivity index is 1.66. The number of ether oxygens (including phenoxy) is 1. The molecule has 2 aliphatic heterocycles. The van der Waals surface area contributed by atoms with E-state index < -0.39 is 5.60 Å². The summed E-state index contributed by atoms with van der Waals surface area (Å²) in [4.78, 5) is 30.6. The molecule has 0 bridgehead atoms. The fourth-order valence-electron chi connectivity index (χ4n) is 3.52. The maximum Gasteiger partial charge on any atom is 0.339 e. The van der Waals surface area contributed by atoms with Crippen molar-refractivity contribution in [2.45, 2.75) is 18.4 Å². The molecule has 1 aromatic carbocycles. The van der Waals surface area contributed by atoms with Gasteiger partial charge in [0.25, 0.3) is 5.91 Å². The van der Waals surface area contributed by atoms with Crippen LogP contribution in [-0.4, -0.2) is 34.8 Å². The van der Waals surface area contributed by atoms with E-state index in [1.807, 2.05) is 18.2 Å². The van der Waals surface area contributed by atoms with Crippen molar-refractivity contribution in [1.82, 2.24) is 9.88 Å². The van der Waals surface area contributed by atoms with Crippen molar-refractivity contribution in [2.75, 3.05) is 13.1 Å². The van der Waals surface area contributed by atoms with Crippen LogP contribution in [0, 0.1) is 0 Å². The number of amides is 1. The highest BCUT2D eigenvalue weighted by Gasteiger charge is 2.48. The zero-order chi connectivity index (χ0) is 15.9. The first-order valence-electron chi connectivity index (χ1n) is 7.72. The second-order valence-electron chi connectivity index (χ2n) is 6.00. The zero-order valence-corrected chi connectivity index (χ0v) is 12.6. The highest BCUT2D eigenvalue weighted by atomic mass is 16.6. The fraction of sp³-hybridized carbons (Fsp3) is 0.278. The normalized spacial score (nSPS) is 22.8. The lowest BCUT2D eigenvalue weighted by Crippen LogP contribution is -2.48. The van der Waals surface area contributed by atoms with Gasteiger partial charge in [0.05, 0.1) is 17.7 Å². The summed E-state index contributed by atoms with van der Waals surface area (Å²) in [7, 11) is 0. The molecule has 1 aromatic heterocycles. The zero-order valence-electron chi connectivity index (χ0n) is 12.6. The average Bonchev–Trinajstić information content (AvgIpc) is 2.87. The van der Waals surface area contributed by atoms with Crippen LogP contribution in [0.25, 0.3) is 0 Å². The van der Waals surface area contributed by atoms with E-state index in [1.165, 1.54) is 0 Å². The molecule has 1 saturated heterocycles. The van der Waals surface area contributed by atoms with E-state index in [4.69, 9.17) is 4.74 Å². The molecule has 0 aliphatic carbocycles. The number of aromatic nitrogens is 1. The maximum atomic E-state index is 12.7. The minimum atomic E-state index is -0.705. The van der Waals surface area contributed by atoms with Gasteiger partial charge in [0.15, 0.2) is 5.60 Å². The van der Waals surface area contributed by atoms with Crippen molar-refractivity contribution in [1.29, 1.82) is 0 Å². The molecule has 0 saturated carbocycles. The Kier molecular flexibility index (Phi) is 3.15. The van der Waals surface area contributed by atoms with Crippen LogP contribution in [0.1, 0.15) is 39.1 Å². The van der Waals surface area contributed by atoms with E-state index in [0.29, 0.717) is 24.2 Å². The third-order valence-electron chi connectivity index (χ3n) is 4.58. The highest BCUT2D eigenvalue weighted by Crippen LogP contribution is 2.42. The topological polar surface area (TPSA) is 59.5 Å². The largest absolute Gasteiger partial charge is 0.449 e. The van der Waals surface area contributed by atoms with Crippen molar-refractivity contribution in [3.05, 3.63) is 65.5 Å². The summed E-state index contributed by atoms with van der Waals surface area (Å²) in [5.41, 5.74) is 1.36. The first-order chi connectivity index (χ1) is 11.2. The Bertz CT molecular complexity index is 775. The number of pyridine rings is 1. The molecule has 4 rings (SSSR count). The van der Waals surface area contributed by atoms with Crippen LogP contribution < -0.4 is 0 Å². The maximum absolute atomic E-state index is 12.7. The second kappa shape index (κ2) is 5.19. The Morgan fingerprint density at radius 3 is 2.91 bits per heavy atom. The minimum Gasteiger partial charge on any atom is -0.449 e.